The van der Waals surface area contributed by atoms with Crippen molar-refractivity contribution in [3.63, 3.8) is 0 Å². The van der Waals surface area contributed by atoms with E-state index in [0.717, 1.165) is 6.54 Å². The average Bonchev–Trinajstić information content (AvgIpc) is 2.44. The number of hydrogen-bond donors (Lipinski definition) is 1. The lowest BCUT2D eigenvalue weighted by molar-refractivity contribution is 0.0120. The molecule has 0 aromatic carbocycles. The highest BCUT2D eigenvalue weighted by Crippen LogP contribution is 2.36. The molecule has 0 saturated carbocycles. The third-order valence-corrected chi connectivity index (χ3v) is 9.26. The van der Waals surface area contributed by atoms with E-state index in [1.54, 1.807) is 4.90 Å². The lowest BCUT2D eigenvalue weighted by Gasteiger charge is -2.36. The molecule has 1 amide bonds. The van der Waals surface area contributed by atoms with E-state index >= 15 is 0 Å². The van der Waals surface area contributed by atoms with Crippen molar-refractivity contribution in [2.75, 3.05) is 39.5 Å². The molecule has 1 heterocycles. The van der Waals surface area contributed by atoms with Gasteiger partial charge in [-0.1, -0.05) is 20.8 Å². The van der Waals surface area contributed by atoms with Crippen LogP contribution in [0.25, 0.3) is 0 Å². The Morgan fingerprint density at radius 1 is 1.16 bits per heavy atom. The first-order chi connectivity index (χ1) is 11.3. The number of piperazine rings is 1. The number of nitrogens with zero attached hydrogens (tertiary/aromatic N) is 1. The number of amides is 1. The van der Waals surface area contributed by atoms with Crippen LogP contribution in [0.5, 0.6) is 0 Å². The molecule has 7 heteroatoms. The van der Waals surface area contributed by atoms with Crippen LogP contribution in [0.15, 0.2) is 0 Å². The molecule has 1 aliphatic rings. The first-order valence-electron chi connectivity index (χ1n) is 9.25. The minimum atomic E-state index is -1.71. The van der Waals surface area contributed by atoms with Gasteiger partial charge in [-0.25, -0.2) is 4.79 Å². The van der Waals surface area contributed by atoms with Gasteiger partial charge >= 0.3 is 6.09 Å². The topological polar surface area (TPSA) is 60.0 Å². The van der Waals surface area contributed by atoms with E-state index in [1.165, 1.54) is 0 Å². The Kier molecular flexibility index (Phi) is 7.92. The van der Waals surface area contributed by atoms with Crippen LogP contribution in [0.1, 0.15) is 41.5 Å². The molecule has 1 fully saturated rings. The molecule has 0 aromatic heterocycles. The fourth-order valence-corrected chi connectivity index (χ4v) is 3.25. The molecule has 1 atom stereocenters. The maximum Gasteiger partial charge on any atom is 0.410 e. The van der Waals surface area contributed by atoms with Gasteiger partial charge in [0.25, 0.3) is 0 Å². The van der Waals surface area contributed by atoms with E-state index in [1.807, 2.05) is 20.8 Å². The van der Waals surface area contributed by atoms with Gasteiger partial charge < -0.3 is 24.1 Å². The molecule has 148 valence electrons. The van der Waals surface area contributed by atoms with Gasteiger partial charge in [-0.05, 0) is 38.9 Å². The molecule has 1 aliphatic heterocycles. The van der Waals surface area contributed by atoms with Gasteiger partial charge in [-0.3, -0.25) is 0 Å². The van der Waals surface area contributed by atoms with E-state index in [2.05, 4.69) is 39.2 Å². The first kappa shape index (κ1) is 22.4. The predicted octanol–water partition coefficient (Wildman–Crippen LogP) is 3.23. The molecule has 0 radical (unpaired) electrons. The molecular formula is C18H38N2O4Si. The summed E-state index contributed by atoms with van der Waals surface area (Å²) in [5, 5.41) is 3.61. The molecule has 0 bridgehead atoms. The van der Waals surface area contributed by atoms with Crippen molar-refractivity contribution < 1.29 is 18.7 Å². The van der Waals surface area contributed by atoms with Crippen LogP contribution in [0, 0.1) is 0 Å². The quantitative estimate of drug-likeness (QED) is 0.571. The Balaban J connectivity index is 2.28. The third-order valence-electron chi connectivity index (χ3n) is 4.72. The largest absolute Gasteiger partial charge is 0.444 e. The summed E-state index contributed by atoms with van der Waals surface area (Å²) in [6, 6.07) is 0.133. The first-order valence-corrected chi connectivity index (χ1v) is 12.2. The van der Waals surface area contributed by atoms with Crippen molar-refractivity contribution in [1.29, 1.82) is 0 Å². The van der Waals surface area contributed by atoms with Gasteiger partial charge in [-0.2, -0.15) is 0 Å². The Labute approximate surface area is 154 Å². The zero-order chi connectivity index (χ0) is 19.3. The second-order valence-electron chi connectivity index (χ2n) is 9.26. The fourth-order valence-electron chi connectivity index (χ4n) is 2.23. The maximum atomic E-state index is 12.2. The Morgan fingerprint density at radius 2 is 1.80 bits per heavy atom. The van der Waals surface area contributed by atoms with Crippen LogP contribution >= 0.6 is 0 Å². The minimum Gasteiger partial charge on any atom is -0.444 e. The lowest BCUT2D eigenvalue weighted by atomic mass is 10.2. The van der Waals surface area contributed by atoms with Gasteiger partial charge in [0.2, 0.25) is 0 Å². The standard InChI is InChI=1S/C18H38N2O4Si/c1-17(2,3)24-16(21)20-10-9-19-15(13-20)14-22-11-12-23-25(7,8)18(4,5)6/h15,19H,9-14H2,1-8H3/t15-/m1/s1. The number of nitrogens with one attached hydrogen (secondary N) is 1. The molecule has 0 aliphatic carbocycles. The van der Waals surface area contributed by atoms with Gasteiger partial charge in [0.15, 0.2) is 8.32 Å². The van der Waals surface area contributed by atoms with Crippen molar-refractivity contribution in [2.24, 2.45) is 0 Å². The van der Waals surface area contributed by atoms with E-state index in [9.17, 15) is 4.79 Å². The van der Waals surface area contributed by atoms with E-state index in [-0.39, 0.29) is 17.2 Å². The van der Waals surface area contributed by atoms with Gasteiger partial charge in [0.05, 0.1) is 19.8 Å². The molecular weight excluding hydrogens is 336 g/mol. The zero-order valence-corrected chi connectivity index (χ0v) is 18.4. The molecule has 1 saturated heterocycles. The van der Waals surface area contributed by atoms with Crippen LogP contribution in [0.4, 0.5) is 4.79 Å². The SMILES string of the molecule is CC(C)(C)OC(=O)N1CCN[C@@H](COCCO[Si](C)(C)C(C)(C)C)C1. The monoisotopic (exact) mass is 374 g/mol. The van der Waals surface area contributed by atoms with E-state index in [0.29, 0.717) is 32.9 Å². The van der Waals surface area contributed by atoms with Crippen LogP contribution in [0.2, 0.25) is 18.1 Å². The molecule has 0 aromatic rings. The highest BCUT2D eigenvalue weighted by molar-refractivity contribution is 6.74. The summed E-state index contributed by atoms with van der Waals surface area (Å²) in [6.45, 7) is 20.7. The molecule has 6 nitrogen and oxygen atoms in total. The van der Waals surface area contributed by atoms with Gasteiger partial charge in [-0.15, -0.1) is 0 Å². The normalized spacial score (nSPS) is 19.8. The molecule has 1 rings (SSSR count). The van der Waals surface area contributed by atoms with E-state index in [4.69, 9.17) is 13.9 Å². The van der Waals surface area contributed by atoms with Crippen molar-refractivity contribution in [1.82, 2.24) is 10.2 Å². The highest BCUT2D eigenvalue weighted by atomic mass is 28.4. The fraction of sp³-hybridized carbons (Fsp3) is 0.944. The maximum absolute atomic E-state index is 12.2. The second kappa shape index (κ2) is 8.84. The average molecular weight is 375 g/mol. The summed E-state index contributed by atoms with van der Waals surface area (Å²) in [6.07, 6.45) is -0.250. The number of carbonyl (C=O) groups excluding carboxylic acids is 1. The van der Waals surface area contributed by atoms with Gasteiger partial charge in [0, 0.05) is 25.7 Å². The molecule has 0 unspecified atom stereocenters. The minimum absolute atomic E-state index is 0.133. The Hall–Kier alpha value is -0.633. The summed E-state index contributed by atoms with van der Waals surface area (Å²) >= 11 is 0. The number of hydrogen-bond acceptors (Lipinski definition) is 5. The van der Waals surface area contributed by atoms with Crippen LogP contribution in [-0.4, -0.2) is 70.4 Å². The Morgan fingerprint density at radius 3 is 2.36 bits per heavy atom. The summed E-state index contributed by atoms with van der Waals surface area (Å²) in [5.74, 6) is 0. The van der Waals surface area contributed by atoms with Crippen LogP contribution in [0.3, 0.4) is 0 Å². The summed E-state index contributed by atoms with van der Waals surface area (Å²) in [7, 11) is -1.71. The van der Waals surface area contributed by atoms with Gasteiger partial charge in [0.1, 0.15) is 5.60 Å². The number of rotatable bonds is 6. The van der Waals surface area contributed by atoms with Crippen LogP contribution in [-0.2, 0) is 13.9 Å². The smallest absolute Gasteiger partial charge is 0.410 e. The molecule has 0 spiro atoms. The highest BCUT2D eigenvalue weighted by Gasteiger charge is 2.36. The zero-order valence-electron chi connectivity index (χ0n) is 17.4. The summed E-state index contributed by atoms with van der Waals surface area (Å²) < 4.78 is 17.3. The van der Waals surface area contributed by atoms with Crippen LogP contribution < -0.4 is 5.32 Å². The Bertz CT molecular complexity index is 430. The van der Waals surface area contributed by atoms with E-state index < -0.39 is 13.9 Å². The second-order valence-corrected chi connectivity index (χ2v) is 14.1. The third kappa shape index (κ3) is 8.07. The number of ether oxygens (including phenoxy) is 2. The van der Waals surface area contributed by atoms with Crippen molar-refractivity contribution >= 4 is 14.4 Å². The molecule has 1 N–H and O–H groups in total. The molecule has 25 heavy (non-hydrogen) atoms. The van der Waals surface area contributed by atoms with Crippen molar-refractivity contribution in [2.45, 2.75) is 71.3 Å². The number of carbonyl (C=O) groups is 1. The summed E-state index contributed by atoms with van der Waals surface area (Å²) in [5.41, 5.74) is -0.463. The predicted molar refractivity (Wildman–Crippen MR) is 104 cm³/mol. The summed E-state index contributed by atoms with van der Waals surface area (Å²) in [4.78, 5) is 13.9. The lowest BCUT2D eigenvalue weighted by Crippen LogP contribution is -2.55. The van der Waals surface area contributed by atoms with Crippen molar-refractivity contribution in [3.8, 4) is 0 Å². The van der Waals surface area contributed by atoms with Crippen molar-refractivity contribution in [3.05, 3.63) is 0 Å².